The van der Waals surface area contributed by atoms with E-state index >= 15 is 0 Å². The van der Waals surface area contributed by atoms with Gasteiger partial charge in [-0.1, -0.05) is 37.6 Å². The van der Waals surface area contributed by atoms with Crippen LogP contribution in [0.1, 0.15) is 25.5 Å². The molecule has 0 unspecified atom stereocenters. The van der Waals surface area contributed by atoms with Crippen LogP contribution in [0.2, 0.25) is 5.02 Å². The molecule has 3 nitrogen and oxygen atoms in total. The maximum Gasteiger partial charge on any atom is 0.407 e. The SMILES string of the molecule is CC1(C)COC(=O)N[C@@H]1c1cccc(Cl)c1F. The molecule has 1 aliphatic rings. The number of amides is 1. The molecule has 1 fully saturated rings. The van der Waals surface area contributed by atoms with Crippen LogP contribution in [0.4, 0.5) is 9.18 Å². The molecule has 0 bridgehead atoms. The number of hydrogen-bond acceptors (Lipinski definition) is 2. The van der Waals surface area contributed by atoms with Crippen LogP contribution in [0, 0.1) is 11.2 Å². The lowest BCUT2D eigenvalue weighted by atomic mass is 9.80. The Kier molecular flexibility index (Phi) is 3.00. The average Bonchev–Trinajstić information content (AvgIpc) is 2.26. The van der Waals surface area contributed by atoms with Crippen LogP contribution in [-0.2, 0) is 4.74 Å². The molecule has 1 aromatic rings. The minimum atomic E-state index is -0.534. The zero-order valence-corrected chi connectivity index (χ0v) is 10.3. The number of hydrogen-bond donors (Lipinski definition) is 1. The molecule has 1 aromatic carbocycles. The summed E-state index contributed by atoms with van der Waals surface area (Å²) in [6.45, 7) is 4.05. The summed E-state index contributed by atoms with van der Waals surface area (Å²) in [4.78, 5) is 11.2. The van der Waals surface area contributed by atoms with Gasteiger partial charge in [-0.15, -0.1) is 0 Å². The van der Waals surface area contributed by atoms with Crippen LogP contribution in [-0.4, -0.2) is 12.7 Å². The second kappa shape index (κ2) is 4.18. The van der Waals surface area contributed by atoms with Crippen molar-refractivity contribution in [2.45, 2.75) is 19.9 Å². The molecule has 92 valence electrons. The van der Waals surface area contributed by atoms with E-state index in [4.69, 9.17) is 16.3 Å². The van der Waals surface area contributed by atoms with Crippen LogP contribution in [0.5, 0.6) is 0 Å². The summed E-state index contributed by atoms with van der Waals surface area (Å²) in [7, 11) is 0. The summed E-state index contributed by atoms with van der Waals surface area (Å²) in [6.07, 6.45) is -0.534. The number of alkyl carbamates (subject to hydrolysis) is 1. The van der Waals surface area contributed by atoms with Gasteiger partial charge in [0, 0.05) is 11.0 Å². The minimum Gasteiger partial charge on any atom is -0.449 e. The molecular weight excluding hydrogens is 245 g/mol. The summed E-state index contributed by atoms with van der Waals surface area (Å²) in [5.41, 5.74) is -0.00135. The van der Waals surface area contributed by atoms with Gasteiger partial charge >= 0.3 is 6.09 Å². The van der Waals surface area contributed by atoms with Crippen molar-refractivity contribution >= 4 is 17.7 Å². The zero-order chi connectivity index (χ0) is 12.6. The lowest BCUT2D eigenvalue weighted by Crippen LogP contribution is -2.47. The van der Waals surface area contributed by atoms with Gasteiger partial charge in [-0.2, -0.15) is 0 Å². The van der Waals surface area contributed by atoms with E-state index in [2.05, 4.69) is 5.32 Å². The van der Waals surface area contributed by atoms with E-state index in [9.17, 15) is 9.18 Å². The Morgan fingerprint density at radius 2 is 2.24 bits per heavy atom. The topological polar surface area (TPSA) is 38.3 Å². The second-order valence-corrected chi connectivity index (χ2v) is 5.19. The molecule has 1 heterocycles. The van der Waals surface area contributed by atoms with Crippen LogP contribution in [0.15, 0.2) is 18.2 Å². The lowest BCUT2D eigenvalue weighted by molar-refractivity contribution is 0.0378. The lowest BCUT2D eigenvalue weighted by Gasteiger charge is -2.38. The minimum absolute atomic E-state index is 0.0547. The third kappa shape index (κ3) is 2.22. The molecule has 0 spiro atoms. The van der Waals surface area contributed by atoms with E-state index in [1.54, 1.807) is 12.1 Å². The Bertz CT molecular complexity index is 462. The molecule has 0 aliphatic carbocycles. The normalized spacial score (nSPS) is 22.8. The van der Waals surface area contributed by atoms with Crippen molar-refractivity contribution in [1.29, 1.82) is 0 Å². The molecule has 0 radical (unpaired) electrons. The zero-order valence-electron chi connectivity index (χ0n) is 9.59. The van der Waals surface area contributed by atoms with Gasteiger partial charge in [0.25, 0.3) is 0 Å². The highest BCUT2D eigenvalue weighted by atomic mass is 35.5. The molecule has 1 amide bonds. The Morgan fingerprint density at radius 3 is 2.94 bits per heavy atom. The van der Waals surface area contributed by atoms with Crippen molar-refractivity contribution < 1.29 is 13.9 Å². The summed E-state index contributed by atoms with van der Waals surface area (Å²) in [5, 5.41) is 2.69. The number of rotatable bonds is 1. The standard InChI is InChI=1S/C12H13ClFNO2/c1-12(2)6-17-11(16)15-10(12)7-4-3-5-8(13)9(7)14/h3-5,10H,6H2,1-2H3,(H,15,16)/t10-/m1/s1. The Hall–Kier alpha value is -1.29. The van der Waals surface area contributed by atoms with Crippen molar-refractivity contribution in [3.05, 3.63) is 34.6 Å². The average molecular weight is 258 g/mol. The first-order valence-corrected chi connectivity index (χ1v) is 5.67. The molecule has 17 heavy (non-hydrogen) atoms. The van der Waals surface area contributed by atoms with E-state index in [0.717, 1.165) is 0 Å². The molecule has 1 saturated heterocycles. The van der Waals surface area contributed by atoms with Gasteiger partial charge in [-0.3, -0.25) is 0 Å². The summed E-state index contributed by atoms with van der Waals surface area (Å²) < 4.78 is 18.8. The van der Waals surface area contributed by atoms with Gasteiger partial charge in [0.15, 0.2) is 0 Å². The van der Waals surface area contributed by atoms with Gasteiger partial charge < -0.3 is 10.1 Å². The highest BCUT2D eigenvalue weighted by Crippen LogP contribution is 2.38. The van der Waals surface area contributed by atoms with E-state index in [-0.39, 0.29) is 17.0 Å². The fraction of sp³-hybridized carbons (Fsp3) is 0.417. The van der Waals surface area contributed by atoms with Crippen LogP contribution in [0.3, 0.4) is 0 Å². The molecule has 5 heteroatoms. The molecule has 1 atom stereocenters. The van der Waals surface area contributed by atoms with Gasteiger partial charge in [-0.05, 0) is 6.07 Å². The number of nitrogens with one attached hydrogen (secondary N) is 1. The fourth-order valence-electron chi connectivity index (χ4n) is 1.93. The van der Waals surface area contributed by atoms with E-state index in [0.29, 0.717) is 5.56 Å². The Balaban J connectivity index is 2.43. The highest BCUT2D eigenvalue weighted by Gasteiger charge is 2.39. The van der Waals surface area contributed by atoms with Crippen LogP contribution >= 0.6 is 11.6 Å². The fourth-order valence-corrected chi connectivity index (χ4v) is 2.11. The van der Waals surface area contributed by atoms with Crippen molar-refractivity contribution in [2.75, 3.05) is 6.61 Å². The molecule has 1 N–H and O–H groups in total. The number of ether oxygens (including phenoxy) is 1. The number of halogens is 2. The van der Waals surface area contributed by atoms with E-state index in [1.807, 2.05) is 13.8 Å². The third-order valence-electron chi connectivity index (χ3n) is 2.91. The first kappa shape index (κ1) is 12.2. The predicted molar refractivity (Wildman–Crippen MR) is 62.4 cm³/mol. The van der Waals surface area contributed by atoms with E-state index in [1.165, 1.54) is 6.07 Å². The maximum absolute atomic E-state index is 13.9. The number of benzene rings is 1. The van der Waals surface area contributed by atoms with Crippen LogP contribution < -0.4 is 5.32 Å². The number of carbonyl (C=O) groups is 1. The second-order valence-electron chi connectivity index (χ2n) is 4.79. The molecule has 1 aliphatic heterocycles. The van der Waals surface area contributed by atoms with E-state index < -0.39 is 18.0 Å². The first-order valence-electron chi connectivity index (χ1n) is 5.29. The summed E-state index contributed by atoms with van der Waals surface area (Å²) in [6, 6.07) is 4.33. The van der Waals surface area contributed by atoms with Crippen molar-refractivity contribution in [1.82, 2.24) is 5.32 Å². The van der Waals surface area contributed by atoms with Crippen molar-refractivity contribution in [3.63, 3.8) is 0 Å². The summed E-state index contributed by atoms with van der Waals surface area (Å²) in [5.74, 6) is -0.491. The Labute approximate surface area is 104 Å². The quantitative estimate of drug-likeness (QED) is 0.838. The number of carbonyl (C=O) groups excluding carboxylic acids is 1. The largest absolute Gasteiger partial charge is 0.449 e. The Morgan fingerprint density at radius 1 is 1.53 bits per heavy atom. The number of cyclic esters (lactones) is 1. The van der Waals surface area contributed by atoms with Crippen molar-refractivity contribution in [2.24, 2.45) is 5.41 Å². The van der Waals surface area contributed by atoms with Gasteiger partial charge in [0.05, 0.1) is 11.1 Å². The molecular formula is C12H13ClFNO2. The highest BCUT2D eigenvalue weighted by molar-refractivity contribution is 6.30. The van der Waals surface area contributed by atoms with Crippen LogP contribution in [0.25, 0.3) is 0 Å². The maximum atomic E-state index is 13.9. The predicted octanol–water partition coefficient (Wildman–Crippen LogP) is 3.29. The monoisotopic (exact) mass is 257 g/mol. The molecule has 0 aromatic heterocycles. The smallest absolute Gasteiger partial charge is 0.407 e. The first-order chi connectivity index (χ1) is 7.92. The summed E-state index contributed by atoms with van der Waals surface area (Å²) >= 11 is 5.74. The van der Waals surface area contributed by atoms with Gasteiger partial charge in [-0.25, -0.2) is 9.18 Å². The third-order valence-corrected chi connectivity index (χ3v) is 3.20. The molecule has 0 saturated carbocycles. The van der Waals surface area contributed by atoms with Gasteiger partial charge in [0.1, 0.15) is 12.4 Å². The molecule has 2 rings (SSSR count). The van der Waals surface area contributed by atoms with Gasteiger partial charge in [0.2, 0.25) is 0 Å². The van der Waals surface area contributed by atoms with Crippen molar-refractivity contribution in [3.8, 4) is 0 Å².